The summed E-state index contributed by atoms with van der Waals surface area (Å²) in [6.07, 6.45) is 2.37. The fraction of sp³-hybridized carbons (Fsp3) is 0.387. The number of benzene rings is 2. The monoisotopic (exact) mass is 562 g/mol. The molecule has 0 aliphatic carbocycles. The third-order valence-electron chi connectivity index (χ3n) is 7.14. The summed E-state index contributed by atoms with van der Waals surface area (Å²) in [5.41, 5.74) is 6.36. The minimum Gasteiger partial charge on any atom is -0.479 e. The normalized spacial score (nSPS) is 14.1. The molecule has 0 saturated carbocycles. The summed E-state index contributed by atoms with van der Waals surface area (Å²) in [6, 6.07) is 9.67. The van der Waals surface area contributed by atoms with Crippen LogP contribution in [0.4, 0.5) is 11.6 Å². The summed E-state index contributed by atoms with van der Waals surface area (Å²) in [5, 5.41) is 12.1. The van der Waals surface area contributed by atoms with Crippen molar-refractivity contribution in [3.8, 4) is 11.1 Å². The lowest BCUT2D eigenvalue weighted by molar-refractivity contribution is -0.160. The van der Waals surface area contributed by atoms with Gasteiger partial charge in [-0.25, -0.2) is 14.8 Å². The number of anilines is 2. The Morgan fingerprint density at radius 1 is 1.12 bits per heavy atom. The SMILES string of the molecule is CCOCc1cnc(N2CCn3c(C)cc4c(-c5ccc(Cl)cc5)c([C@H](OC(C)(C)C)C(=O)O)c(C)c2c43)nc1. The lowest BCUT2D eigenvalue weighted by Crippen LogP contribution is -2.32. The Hall–Kier alpha value is -3.46. The lowest BCUT2D eigenvalue weighted by atomic mass is 9.87. The van der Waals surface area contributed by atoms with Gasteiger partial charge in [-0.15, -0.1) is 0 Å². The Morgan fingerprint density at radius 3 is 2.40 bits per heavy atom. The zero-order valence-corrected chi connectivity index (χ0v) is 24.5. The van der Waals surface area contributed by atoms with Crippen molar-refractivity contribution in [2.24, 2.45) is 0 Å². The minimum atomic E-state index is -1.20. The second-order valence-electron chi connectivity index (χ2n) is 11.1. The first-order valence-electron chi connectivity index (χ1n) is 13.5. The molecule has 0 saturated heterocycles. The average molecular weight is 563 g/mol. The Bertz CT molecular complexity index is 1560. The number of aromatic nitrogens is 3. The maximum Gasteiger partial charge on any atom is 0.337 e. The second-order valence-corrected chi connectivity index (χ2v) is 11.5. The fourth-order valence-corrected chi connectivity index (χ4v) is 5.64. The van der Waals surface area contributed by atoms with Crippen LogP contribution < -0.4 is 4.90 Å². The predicted octanol–water partition coefficient (Wildman–Crippen LogP) is 7.00. The van der Waals surface area contributed by atoms with Gasteiger partial charge in [-0.05, 0) is 76.4 Å². The van der Waals surface area contributed by atoms with Crippen molar-refractivity contribution in [2.75, 3.05) is 18.1 Å². The smallest absolute Gasteiger partial charge is 0.337 e. The zero-order chi connectivity index (χ0) is 28.8. The highest BCUT2D eigenvalue weighted by Crippen LogP contribution is 2.49. The number of carboxylic acid groups (broad SMARTS) is 1. The van der Waals surface area contributed by atoms with Gasteiger partial charge in [0.15, 0.2) is 6.10 Å². The molecule has 0 radical (unpaired) electrons. The molecule has 4 aromatic rings. The number of halogens is 1. The van der Waals surface area contributed by atoms with Crippen LogP contribution in [0.2, 0.25) is 5.02 Å². The van der Waals surface area contributed by atoms with Crippen molar-refractivity contribution in [1.29, 1.82) is 0 Å². The van der Waals surface area contributed by atoms with Gasteiger partial charge in [0.25, 0.3) is 0 Å². The number of rotatable bonds is 8. The first-order valence-corrected chi connectivity index (χ1v) is 13.9. The molecule has 1 aliphatic rings. The van der Waals surface area contributed by atoms with E-state index in [0.29, 0.717) is 36.3 Å². The lowest BCUT2D eigenvalue weighted by Gasteiger charge is -2.35. The Kier molecular flexibility index (Phi) is 7.61. The molecule has 0 unspecified atom stereocenters. The molecule has 9 heteroatoms. The van der Waals surface area contributed by atoms with Gasteiger partial charge in [0.1, 0.15) is 0 Å². The number of aliphatic carboxylic acids is 1. The Labute approximate surface area is 239 Å². The molecule has 2 aromatic carbocycles. The van der Waals surface area contributed by atoms with E-state index in [2.05, 4.69) is 32.4 Å². The van der Waals surface area contributed by atoms with Crippen LogP contribution in [0, 0.1) is 13.8 Å². The van der Waals surface area contributed by atoms with Gasteiger partial charge in [0.05, 0.1) is 23.4 Å². The maximum absolute atomic E-state index is 12.9. The molecule has 40 heavy (non-hydrogen) atoms. The average Bonchev–Trinajstić information content (AvgIpc) is 3.24. The summed E-state index contributed by atoms with van der Waals surface area (Å²) in [5.74, 6) is -0.488. The van der Waals surface area contributed by atoms with Crippen LogP contribution in [-0.2, 0) is 27.4 Å². The van der Waals surface area contributed by atoms with Crippen LogP contribution in [0.1, 0.15) is 56.2 Å². The second kappa shape index (κ2) is 10.8. The van der Waals surface area contributed by atoms with E-state index in [1.54, 1.807) is 12.4 Å². The quantitative estimate of drug-likeness (QED) is 0.247. The van der Waals surface area contributed by atoms with Crippen LogP contribution in [0.25, 0.3) is 22.0 Å². The van der Waals surface area contributed by atoms with E-state index < -0.39 is 17.7 Å². The third-order valence-corrected chi connectivity index (χ3v) is 7.39. The summed E-state index contributed by atoms with van der Waals surface area (Å²) in [6.45, 7) is 14.1. The summed E-state index contributed by atoms with van der Waals surface area (Å²) in [4.78, 5) is 24.3. The maximum atomic E-state index is 12.9. The zero-order valence-electron chi connectivity index (χ0n) is 23.8. The van der Waals surface area contributed by atoms with E-state index in [9.17, 15) is 9.90 Å². The summed E-state index contributed by atoms with van der Waals surface area (Å²) >= 11 is 6.25. The number of ether oxygens (including phenoxy) is 2. The topological polar surface area (TPSA) is 89.7 Å². The van der Waals surface area contributed by atoms with E-state index in [1.165, 1.54) is 0 Å². The number of aryl methyl sites for hydroxylation is 1. The number of carboxylic acids is 1. The van der Waals surface area contributed by atoms with Crippen LogP contribution in [-0.4, -0.2) is 44.4 Å². The molecule has 1 atom stereocenters. The van der Waals surface area contributed by atoms with Gasteiger partial charge in [-0.3, -0.25) is 0 Å². The molecule has 5 rings (SSSR count). The van der Waals surface area contributed by atoms with E-state index in [0.717, 1.165) is 51.1 Å². The van der Waals surface area contributed by atoms with Gasteiger partial charge in [0, 0.05) is 59.3 Å². The summed E-state index contributed by atoms with van der Waals surface area (Å²) < 4.78 is 14.1. The molecular weight excluding hydrogens is 528 g/mol. The van der Waals surface area contributed by atoms with Crippen molar-refractivity contribution in [3.05, 3.63) is 70.1 Å². The Balaban J connectivity index is 1.81. The minimum absolute atomic E-state index is 0.451. The molecule has 0 spiro atoms. The fourth-order valence-electron chi connectivity index (χ4n) is 5.51. The highest BCUT2D eigenvalue weighted by Gasteiger charge is 2.36. The Morgan fingerprint density at radius 2 is 1.80 bits per heavy atom. The molecule has 8 nitrogen and oxygen atoms in total. The number of hydrogen-bond acceptors (Lipinski definition) is 6. The molecule has 2 aromatic heterocycles. The molecule has 3 heterocycles. The van der Waals surface area contributed by atoms with E-state index in [4.69, 9.17) is 21.1 Å². The van der Waals surface area contributed by atoms with Crippen LogP contribution in [0.15, 0.2) is 42.7 Å². The number of nitrogens with zero attached hydrogens (tertiary/aromatic N) is 4. The predicted molar refractivity (Wildman–Crippen MR) is 157 cm³/mol. The van der Waals surface area contributed by atoms with Crippen LogP contribution in [0.5, 0.6) is 0 Å². The van der Waals surface area contributed by atoms with Crippen molar-refractivity contribution in [3.63, 3.8) is 0 Å². The third kappa shape index (κ3) is 5.19. The number of hydrogen-bond donors (Lipinski definition) is 1. The van der Waals surface area contributed by atoms with Crippen molar-refractivity contribution in [2.45, 2.75) is 66.4 Å². The highest BCUT2D eigenvalue weighted by molar-refractivity contribution is 6.30. The van der Waals surface area contributed by atoms with Crippen molar-refractivity contribution in [1.82, 2.24) is 14.5 Å². The van der Waals surface area contributed by atoms with Crippen molar-refractivity contribution < 1.29 is 19.4 Å². The largest absolute Gasteiger partial charge is 0.479 e. The van der Waals surface area contributed by atoms with Gasteiger partial charge in [0.2, 0.25) is 5.95 Å². The van der Waals surface area contributed by atoms with Gasteiger partial charge >= 0.3 is 5.97 Å². The van der Waals surface area contributed by atoms with Crippen molar-refractivity contribution >= 4 is 40.1 Å². The molecule has 1 N–H and O–H groups in total. The first kappa shape index (κ1) is 28.1. The standard InChI is InChI=1S/C31H35ClN4O4/c1-7-39-17-20-15-33-30(34-16-20)36-13-12-35-18(2)14-23-25(21-8-10-22(32)11-9-21)24(19(3)26(36)27(23)35)28(29(37)38)40-31(4,5)6/h8-11,14-16,28H,7,12-13,17H2,1-6H3,(H,37,38)/t28-/m0/s1. The number of carbonyl (C=O) groups is 1. The van der Waals surface area contributed by atoms with E-state index >= 15 is 0 Å². The molecule has 210 valence electrons. The van der Waals surface area contributed by atoms with Crippen LogP contribution >= 0.6 is 11.6 Å². The molecule has 0 amide bonds. The van der Waals surface area contributed by atoms with Gasteiger partial charge in [-0.2, -0.15) is 0 Å². The first-order chi connectivity index (χ1) is 19.0. The molecule has 0 fully saturated rings. The summed E-state index contributed by atoms with van der Waals surface area (Å²) in [7, 11) is 0. The van der Waals surface area contributed by atoms with E-state index in [-0.39, 0.29) is 0 Å². The highest BCUT2D eigenvalue weighted by atomic mass is 35.5. The van der Waals surface area contributed by atoms with E-state index in [1.807, 2.05) is 58.9 Å². The van der Waals surface area contributed by atoms with Gasteiger partial charge in [-0.1, -0.05) is 23.7 Å². The molecule has 1 aliphatic heterocycles. The van der Waals surface area contributed by atoms with Gasteiger partial charge < -0.3 is 24.0 Å². The molecule has 0 bridgehead atoms. The molecular formula is C31H35ClN4O4. The van der Waals surface area contributed by atoms with Crippen LogP contribution in [0.3, 0.4) is 0 Å².